The maximum absolute atomic E-state index is 11.0. The Bertz CT molecular complexity index is 678. The van der Waals surface area contributed by atoms with E-state index < -0.39 is 12.2 Å². The van der Waals surface area contributed by atoms with Crippen molar-refractivity contribution in [1.29, 1.82) is 0 Å². The van der Waals surface area contributed by atoms with Crippen molar-refractivity contribution in [3.63, 3.8) is 0 Å². The molecule has 5 rings (SSSR count). The summed E-state index contributed by atoms with van der Waals surface area (Å²) in [7, 11) is 0. The summed E-state index contributed by atoms with van der Waals surface area (Å²) in [6.45, 7) is 5.51. The lowest BCUT2D eigenvalue weighted by atomic mass is 9.50. The van der Waals surface area contributed by atoms with Crippen LogP contribution in [0, 0.1) is 22.7 Å². The molecule has 4 fully saturated rings. The van der Waals surface area contributed by atoms with E-state index in [0.717, 1.165) is 38.7 Å². The minimum absolute atomic E-state index is 0.0157. The van der Waals surface area contributed by atoms with Gasteiger partial charge in [-0.05, 0) is 63.2 Å². The highest BCUT2D eigenvalue weighted by Gasteiger charge is 2.59. The van der Waals surface area contributed by atoms with E-state index >= 15 is 0 Å². The van der Waals surface area contributed by atoms with E-state index in [2.05, 4.69) is 26.0 Å². The van der Waals surface area contributed by atoms with Crippen molar-refractivity contribution in [3.8, 4) is 0 Å². The molecule has 0 bridgehead atoms. The number of fused-ring (bicyclic) bond motifs is 5. The van der Waals surface area contributed by atoms with Gasteiger partial charge in [0.15, 0.2) is 6.29 Å². The molecule has 0 spiro atoms. The van der Waals surface area contributed by atoms with Crippen LogP contribution in [0.2, 0.25) is 0 Å². The molecule has 0 radical (unpaired) electrons. The Morgan fingerprint density at radius 1 is 1.04 bits per heavy atom. The third-order valence-electron chi connectivity index (χ3n) is 9.02. The Hall–Kier alpha value is -0.680. The standard InChI is InChI=1S/C24H36O4/c1-23-11-10-19-17(7-6-15-13-16(25)14-20(26)24(15,19)2)18(23)8-9-21(23)28-22-5-3-4-12-27-22/h6-7,16,18-22,25-26H,3-5,8-14H2,1-2H3/t16-,18+,19+,20+,21+,22?,23+,24+/m1/s1. The van der Waals surface area contributed by atoms with E-state index in [4.69, 9.17) is 9.47 Å². The normalized spacial score (nSPS) is 50.9. The molecule has 2 N–H and O–H groups in total. The summed E-state index contributed by atoms with van der Waals surface area (Å²) in [5, 5.41) is 21.1. The molecule has 1 aliphatic heterocycles. The lowest BCUT2D eigenvalue weighted by Crippen LogP contribution is -2.53. The summed E-state index contributed by atoms with van der Waals surface area (Å²) in [5.41, 5.74) is 2.74. The maximum atomic E-state index is 11.0. The second-order valence-corrected chi connectivity index (χ2v) is 10.4. The smallest absolute Gasteiger partial charge is 0.157 e. The first kappa shape index (κ1) is 19.3. The number of aliphatic hydroxyl groups excluding tert-OH is 2. The predicted octanol–water partition coefficient (Wildman–Crippen LogP) is 4.11. The molecule has 1 saturated heterocycles. The highest BCUT2D eigenvalue weighted by atomic mass is 16.7. The molecule has 5 aliphatic rings. The molecule has 4 aliphatic carbocycles. The van der Waals surface area contributed by atoms with Crippen LogP contribution in [0.5, 0.6) is 0 Å². The van der Waals surface area contributed by atoms with Gasteiger partial charge in [0.05, 0.1) is 18.3 Å². The molecule has 4 heteroatoms. The van der Waals surface area contributed by atoms with Crippen LogP contribution < -0.4 is 0 Å². The van der Waals surface area contributed by atoms with Crippen LogP contribution in [0.3, 0.4) is 0 Å². The summed E-state index contributed by atoms with van der Waals surface area (Å²) in [6.07, 6.45) is 13.1. The molecule has 0 amide bonds. The zero-order valence-corrected chi connectivity index (χ0v) is 17.4. The van der Waals surface area contributed by atoms with Gasteiger partial charge in [0.2, 0.25) is 0 Å². The molecule has 28 heavy (non-hydrogen) atoms. The number of hydrogen-bond donors (Lipinski definition) is 2. The number of allylic oxidation sites excluding steroid dienone is 3. The molecule has 3 saturated carbocycles. The van der Waals surface area contributed by atoms with Gasteiger partial charge in [-0.2, -0.15) is 0 Å². The summed E-state index contributed by atoms with van der Waals surface area (Å²) >= 11 is 0. The largest absolute Gasteiger partial charge is 0.393 e. The van der Waals surface area contributed by atoms with E-state index in [-0.39, 0.29) is 23.2 Å². The fourth-order valence-electron chi connectivity index (χ4n) is 7.23. The number of rotatable bonds is 2. The molecule has 0 aromatic carbocycles. The second kappa shape index (κ2) is 6.94. The van der Waals surface area contributed by atoms with Gasteiger partial charge in [-0.3, -0.25) is 0 Å². The van der Waals surface area contributed by atoms with Crippen molar-refractivity contribution in [3.05, 3.63) is 23.3 Å². The van der Waals surface area contributed by atoms with E-state index in [1.807, 2.05) is 0 Å². The van der Waals surface area contributed by atoms with E-state index in [9.17, 15) is 10.2 Å². The minimum Gasteiger partial charge on any atom is -0.393 e. The molecule has 0 aromatic heterocycles. The van der Waals surface area contributed by atoms with Gasteiger partial charge in [-0.15, -0.1) is 0 Å². The van der Waals surface area contributed by atoms with Crippen LogP contribution >= 0.6 is 0 Å². The summed E-state index contributed by atoms with van der Waals surface area (Å²) in [4.78, 5) is 0. The Labute approximate surface area is 169 Å². The minimum atomic E-state index is -0.454. The Morgan fingerprint density at radius 2 is 1.89 bits per heavy atom. The van der Waals surface area contributed by atoms with Crippen LogP contribution in [0.15, 0.2) is 23.3 Å². The summed E-state index contributed by atoms with van der Waals surface area (Å²) in [5.74, 6) is 0.936. The molecule has 4 nitrogen and oxygen atoms in total. The molecule has 1 unspecified atom stereocenters. The maximum Gasteiger partial charge on any atom is 0.157 e. The average Bonchev–Trinajstić information content (AvgIpc) is 3.00. The average molecular weight is 389 g/mol. The van der Waals surface area contributed by atoms with Gasteiger partial charge >= 0.3 is 0 Å². The van der Waals surface area contributed by atoms with Crippen LogP contribution in [0.25, 0.3) is 0 Å². The van der Waals surface area contributed by atoms with E-state index in [1.54, 1.807) is 0 Å². The number of ether oxygens (including phenoxy) is 2. The fourth-order valence-corrected chi connectivity index (χ4v) is 7.23. The molecule has 1 heterocycles. The van der Waals surface area contributed by atoms with Gasteiger partial charge in [0.25, 0.3) is 0 Å². The van der Waals surface area contributed by atoms with Gasteiger partial charge in [-0.25, -0.2) is 0 Å². The SMILES string of the molecule is C[C@]12CC[C@H]3C(=CC=C4C[C@@H](O)C[C@H](O)[C@@]43C)[C@@H]1CC[C@@H]2OC1CCCCO1. The van der Waals surface area contributed by atoms with E-state index in [0.29, 0.717) is 24.7 Å². The first-order chi connectivity index (χ1) is 13.4. The topological polar surface area (TPSA) is 58.9 Å². The molecule has 156 valence electrons. The quantitative estimate of drug-likeness (QED) is 0.747. The van der Waals surface area contributed by atoms with Gasteiger partial charge in [0, 0.05) is 23.9 Å². The molecule has 0 aromatic rings. The summed E-state index contributed by atoms with van der Waals surface area (Å²) in [6, 6.07) is 0. The molecular formula is C24H36O4. The summed E-state index contributed by atoms with van der Waals surface area (Å²) < 4.78 is 12.4. The van der Waals surface area contributed by atoms with Crippen molar-refractivity contribution in [1.82, 2.24) is 0 Å². The second-order valence-electron chi connectivity index (χ2n) is 10.4. The monoisotopic (exact) mass is 388 g/mol. The van der Waals surface area contributed by atoms with Crippen LogP contribution in [-0.4, -0.2) is 41.4 Å². The third-order valence-corrected chi connectivity index (χ3v) is 9.02. The van der Waals surface area contributed by atoms with Gasteiger partial charge in [0.1, 0.15) is 0 Å². The Balaban J connectivity index is 1.41. The number of aliphatic hydroxyl groups is 2. The first-order valence-corrected chi connectivity index (χ1v) is 11.5. The van der Waals surface area contributed by atoms with E-state index in [1.165, 1.54) is 24.0 Å². The first-order valence-electron chi connectivity index (χ1n) is 11.5. The third kappa shape index (κ3) is 2.79. The zero-order valence-electron chi connectivity index (χ0n) is 17.4. The highest BCUT2D eigenvalue weighted by molar-refractivity contribution is 5.40. The van der Waals surface area contributed by atoms with Crippen LogP contribution in [0.1, 0.15) is 71.6 Å². The van der Waals surface area contributed by atoms with Crippen molar-refractivity contribution < 1.29 is 19.7 Å². The molecular weight excluding hydrogens is 352 g/mol. The van der Waals surface area contributed by atoms with Crippen LogP contribution in [-0.2, 0) is 9.47 Å². The van der Waals surface area contributed by atoms with Crippen molar-refractivity contribution in [2.45, 2.75) is 96.2 Å². The predicted molar refractivity (Wildman–Crippen MR) is 108 cm³/mol. The van der Waals surface area contributed by atoms with Gasteiger partial charge in [-0.1, -0.05) is 37.1 Å². The lowest BCUT2D eigenvalue weighted by Gasteiger charge is -2.56. The Morgan fingerprint density at radius 3 is 2.68 bits per heavy atom. The highest BCUT2D eigenvalue weighted by Crippen LogP contribution is 2.64. The van der Waals surface area contributed by atoms with Crippen molar-refractivity contribution in [2.75, 3.05) is 6.61 Å². The number of hydrogen-bond acceptors (Lipinski definition) is 4. The van der Waals surface area contributed by atoms with Gasteiger partial charge < -0.3 is 19.7 Å². The van der Waals surface area contributed by atoms with Crippen molar-refractivity contribution in [2.24, 2.45) is 22.7 Å². The zero-order chi connectivity index (χ0) is 19.5. The Kier molecular flexibility index (Phi) is 4.78. The fraction of sp³-hybridized carbons (Fsp3) is 0.833. The van der Waals surface area contributed by atoms with Crippen LogP contribution in [0.4, 0.5) is 0 Å². The van der Waals surface area contributed by atoms with Crippen molar-refractivity contribution >= 4 is 0 Å². The molecule has 8 atom stereocenters. The lowest BCUT2D eigenvalue weighted by molar-refractivity contribution is -0.210.